The molecule has 0 unspecified atom stereocenters. The highest BCUT2D eigenvalue weighted by atomic mass is 16.1. The summed E-state index contributed by atoms with van der Waals surface area (Å²) in [4.78, 5) is 11.8. The van der Waals surface area contributed by atoms with Gasteiger partial charge >= 0.3 is 0 Å². The molecule has 0 fully saturated rings. The average molecular weight is 262 g/mol. The van der Waals surface area contributed by atoms with Gasteiger partial charge in [0.1, 0.15) is 17.3 Å². The first kappa shape index (κ1) is 12.1. The molecule has 0 aliphatic heterocycles. The SMILES string of the molecule is Cn1cc(-c2nncc3ccccc23)cc(C#N)c1=O. The van der Waals surface area contributed by atoms with Crippen LogP contribution < -0.4 is 5.56 Å². The van der Waals surface area contributed by atoms with E-state index in [2.05, 4.69) is 10.2 Å². The first-order valence-electron chi connectivity index (χ1n) is 6.02. The summed E-state index contributed by atoms with van der Waals surface area (Å²) in [5, 5.41) is 19.1. The van der Waals surface area contributed by atoms with Crippen molar-refractivity contribution in [1.29, 1.82) is 5.26 Å². The molecule has 0 atom stereocenters. The van der Waals surface area contributed by atoms with Crippen LogP contribution in [0, 0.1) is 11.3 Å². The number of benzene rings is 1. The van der Waals surface area contributed by atoms with Crippen LogP contribution in [-0.4, -0.2) is 14.8 Å². The van der Waals surface area contributed by atoms with E-state index in [9.17, 15) is 4.79 Å². The Morgan fingerprint density at radius 2 is 2.10 bits per heavy atom. The molecule has 5 heteroatoms. The van der Waals surface area contributed by atoms with Gasteiger partial charge in [-0.1, -0.05) is 24.3 Å². The smallest absolute Gasteiger partial charge is 0.268 e. The van der Waals surface area contributed by atoms with Crippen molar-refractivity contribution in [2.75, 3.05) is 0 Å². The van der Waals surface area contributed by atoms with E-state index in [1.54, 1.807) is 25.5 Å². The van der Waals surface area contributed by atoms with Gasteiger partial charge in [0, 0.05) is 29.6 Å². The summed E-state index contributed by atoms with van der Waals surface area (Å²) < 4.78 is 1.39. The first-order chi connectivity index (χ1) is 9.70. The molecule has 0 saturated carbocycles. The molecule has 0 spiro atoms. The van der Waals surface area contributed by atoms with Gasteiger partial charge in [-0.3, -0.25) is 4.79 Å². The van der Waals surface area contributed by atoms with E-state index in [1.165, 1.54) is 4.57 Å². The van der Waals surface area contributed by atoms with Crippen LogP contribution in [0.1, 0.15) is 5.56 Å². The Morgan fingerprint density at radius 1 is 1.30 bits per heavy atom. The van der Waals surface area contributed by atoms with Gasteiger partial charge in [-0.05, 0) is 6.07 Å². The number of aryl methyl sites for hydroxylation is 1. The maximum absolute atomic E-state index is 11.8. The van der Waals surface area contributed by atoms with E-state index in [0.717, 1.165) is 10.8 Å². The molecule has 2 heterocycles. The largest absolute Gasteiger partial charge is 0.317 e. The molecule has 1 aromatic carbocycles. The average Bonchev–Trinajstić information content (AvgIpc) is 2.49. The van der Waals surface area contributed by atoms with Crippen molar-refractivity contribution in [1.82, 2.24) is 14.8 Å². The van der Waals surface area contributed by atoms with Gasteiger partial charge in [0.15, 0.2) is 0 Å². The number of pyridine rings is 1. The molecule has 3 aromatic rings. The Bertz CT molecular complexity index is 900. The number of nitrogens with zero attached hydrogens (tertiary/aromatic N) is 4. The number of fused-ring (bicyclic) bond motifs is 1. The molecule has 0 bridgehead atoms. The molecular formula is C15H10N4O. The van der Waals surface area contributed by atoms with Gasteiger partial charge in [-0.2, -0.15) is 10.4 Å². The second-order valence-electron chi connectivity index (χ2n) is 4.45. The third kappa shape index (κ3) is 1.84. The highest BCUT2D eigenvalue weighted by Crippen LogP contribution is 2.24. The van der Waals surface area contributed by atoms with E-state index < -0.39 is 0 Å². The highest BCUT2D eigenvalue weighted by molar-refractivity contribution is 5.93. The van der Waals surface area contributed by atoms with Crippen molar-refractivity contribution in [2.45, 2.75) is 0 Å². The van der Waals surface area contributed by atoms with E-state index in [0.29, 0.717) is 11.3 Å². The fourth-order valence-electron chi connectivity index (χ4n) is 2.16. The number of hydrogen-bond acceptors (Lipinski definition) is 4. The van der Waals surface area contributed by atoms with Crippen LogP contribution in [0.3, 0.4) is 0 Å². The second kappa shape index (κ2) is 4.59. The normalized spacial score (nSPS) is 10.4. The van der Waals surface area contributed by atoms with Crippen LogP contribution in [0.4, 0.5) is 0 Å². The molecule has 0 radical (unpaired) electrons. The number of hydrogen-bond donors (Lipinski definition) is 0. The minimum Gasteiger partial charge on any atom is -0.317 e. The van der Waals surface area contributed by atoms with Crippen molar-refractivity contribution >= 4 is 10.8 Å². The van der Waals surface area contributed by atoms with Crippen molar-refractivity contribution < 1.29 is 0 Å². The summed E-state index contributed by atoms with van der Waals surface area (Å²) in [6.07, 6.45) is 3.35. The van der Waals surface area contributed by atoms with Gasteiger partial charge in [0.2, 0.25) is 0 Å². The molecule has 20 heavy (non-hydrogen) atoms. The van der Waals surface area contributed by atoms with Crippen LogP contribution in [0.5, 0.6) is 0 Å². The van der Waals surface area contributed by atoms with Crippen LogP contribution in [0.25, 0.3) is 22.0 Å². The topological polar surface area (TPSA) is 71.6 Å². The van der Waals surface area contributed by atoms with Crippen LogP contribution >= 0.6 is 0 Å². The van der Waals surface area contributed by atoms with Gasteiger partial charge < -0.3 is 4.57 Å². The van der Waals surface area contributed by atoms with Crippen molar-refractivity contribution in [3.8, 4) is 17.3 Å². The van der Waals surface area contributed by atoms with E-state index >= 15 is 0 Å². The summed E-state index contributed by atoms with van der Waals surface area (Å²) >= 11 is 0. The Labute approximate surface area is 114 Å². The molecule has 0 amide bonds. The van der Waals surface area contributed by atoms with Crippen LogP contribution in [0.15, 0.2) is 47.5 Å². The summed E-state index contributed by atoms with van der Waals surface area (Å²) in [6.45, 7) is 0. The lowest BCUT2D eigenvalue weighted by atomic mass is 10.1. The summed E-state index contributed by atoms with van der Waals surface area (Å²) in [5.74, 6) is 0. The minimum atomic E-state index is -0.315. The lowest BCUT2D eigenvalue weighted by molar-refractivity contribution is 0.856. The molecule has 0 aliphatic carbocycles. The third-order valence-corrected chi connectivity index (χ3v) is 3.15. The number of rotatable bonds is 1. The maximum Gasteiger partial charge on any atom is 0.268 e. The van der Waals surface area contributed by atoms with Crippen LogP contribution in [0.2, 0.25) is 0 Å². The molecule has 96 valence electrons. The predicted molar refractivity (Wildman–Crippen MR) is 74.9 cm³/mol. The standard InChI is InChI=1S/C15H10N4O/c1-19-9-12(6-11(7-16)15(19)20)14-13-5-3-2-4-10(13)8-17-18-14/h2-6,8-9H,1H3. The monoisotopic (exact) mass is 262 g/mol. The zero-order chi connectivity index (χ0) is 14.1. The minimum absolute atomic E-state index is 0.0970. The van der Waals surface area contributed by atoms with E-state index in [1.807, 2.05) is 30.3 Å². The molecule has 0 N–H and O–H groups in total. The summed E-state index contributed by atoms with van der Waals surface area (Å²) in [5.41, 5.74) is 1.15. The van der Waals surface area contributed by atoms with Crippen molar-refractivity contribution in [3.05, 3.63) is 58.6 Å². The number of aromatic nitrogens is 3. The molecule has 0 aliphatic rings. The van der Waals surface area contributed by atoms with Crippen molar-refractivity contribution in [3.63, 3.8) is 0 Å². The van der Waals surface area contributed by atoms with Crippen LogP contribution in [-0.2, 0) is 7.05 Å². The summed E-state index contributed by atoms with van der Waals surface area (Å²) in [6, 6.07) is 11.2. The molecule has 2 aromatic heterocycles. The molecule has 3 rings (SSSR count). The molecular weight excluding hydrogens is 252 g/mol. The lowest BCUT2D eigenvalue weighted by Gasteiger charge is -2.07. The van der Waals surface area contributed by atoms with Gasteiger partial charge in [-0.15, -0.1) is 5.10 Å². The summed E-state index contributed by atoms with van der Waals surface area (Å²) in [7, 11) is 1.62. The Balaban J connectivity index is 2.35. The zero-order valence-corrected chi connectivity index (χ0v) is 10.7. The number of nitriles is 1. The highest BCUT2D eigenvalue weighted by Gasteiger charge is 2.10. The van der Waals surface area contributed by atoms with Crippen molar-refractivity contribution in [2.24, 2.45) is 7.05 Å². The van der Waals surface area contributed by atoms with Gasteiger partial charge in [-0.25, -0.2) is 0 Å². The van der Waals surface area contributed by atoms with E-state index in [4.69, 9.17) is 5.26 Å². The fraction of sp³-hybridized carbons (Fsp3) is 0.0667. The maximum atomic E-state index is 11.8. The Hall–Kier alpha value is -3.00. The third-order valence-electron chi connectivity index (χ3n) is 3.15. The Morgan fingerprint density at radius 3 is 2.90 bits per heavy atom. The first-order valence-corrected chi connectivity index (χ1v) is 6.02. The fourth-order valence-corrected chi connectivity index (χ4v) is 2.16. The van der Waals surface area contributed by atoms with E-state index in [-0.39, 0.29) is 11.1 Å². The zero-order valence-electron chi connectivity index (χ0n) is 10.7. The molecule has 5 nitrogen and oxygen atoms in total. The quantitative estimate of drug-likeness (QED) is 0.671. The molecule has 0 saturated heterocycles. The predicted octanol–water partition coefficient (Wildman–Crippen LogP) is 1.87. The Kier molecular flexibility index (Phi) is 2.77. The lowest BCUT2D eigenvalue weighted by Crippen LogP contribution is -2.19. The van der Waals surface area contributed by atoms with Gasteiger partial charge in [0.05, 0.1) is 6.20 Å². The second-order valence-corrected chi connectivity index (χ2v) is 4.45. The van der Waals surface area contributed by atoms with Gasteiger partial charge in [0.25, 0.3) is 5.56 Å².